The van der Waals surface area contributed by atoms with E-state index in [9.17, 15) is 9.59 Å². The van der Waals surface area contributed by atoms with Crippen molar-refractivity contribution in [3.8, 4) is 6.07 Å². The maximum Gasteiger partial charge on any atom is 0.303 e. The smallest absolute Gasteiger partial charge is 0.303 e. The summed E-state index contributed by atoms with van der Waals surface area (Å²) in [4.78, 5) is 30.4. The highest BCUT2D eigenvalue weighted by Gasteiger charge is 2.48. The van der Waals surface area contributed by atoms with Crippen LogP contribution < -0.4 is 0 Å². The van der Waals surface area contributed by atoms with Gasteiger partial charge in [0.2, 0.25) is 0 Å². The van der Waals surface area contributed by atoms with Crippen LogP contribution in [0, 0.1) is 11.3 Å². The van der Waals surface area contributed by atoms with Crippen LogP contribution in [-0.4, -0.2) is 60.4 Å². The summed E-state index contributed by atoms with van der Waals surface area (Å²) in [5.41, 5.74) is 8.54. The minimum Gasteiger partial charge on any atom is -0.463 e. The molecule has 1 aliphatic rings. The zero-order valence-electron chi connectivity index (χ0n) is 16.2. The number of pyridine rings is 1. The normalized spacial score (nSPS) is 25.5. The lowest BCUT2D eigenvalue weighted by molar-refractivity contribution is -0.196. The molecule has 1 aromatic rings. The van der Waals surface area contributed by atoms with Gasteiger partial charge in [-0.15, -0.1) is 0 Å². The fourth-order valence-electron chi connectivity index (χ4n) is 2.80. The second kappa shape index (κ2) is 11.1. The Morgan fingerprint density at radius 2 is 2.17 bits per heavy atom. The minimum atomic E-state index is -1.02. The van der Waals surface area contributed by atoms with Gasteiger partial charge in [0.25, 0.3) is 0 Å². The summed E-state index contributed by atoms with van der Waals surface area (Å²) in [7, 11) is 1.41. The molecule has 5 atom stereocenters. The molecule has 1 aliphatic heterocycles. The average Bonchev–Trinajstić information content (AvgIpc) is 2.68. The second-order valence-corrected chi connectivity index (χ2v) is 8.07. The standard InChI is InChI=1S/C17H18BrN5O6S/c1-8(24)27-7-13-15(28-9(2)25)14(22-23-20)16(26-3)17(29-13)30-10-4-11(18)12(5-19)21-6-10/h4,6,13-17H,7H2,1-3H3/t13-,14+,15+,16-,17-/m1/s1. The number of nitriles is 1. The highest BCUT2D eigenvalue weighted by molar-refractivity contribution is 9.10. The lowest BCUT2D eigenvalue weighted by atomic mass is 9.97. The summed E-state index contributed by atoms with van der Waals surface area (Å²) in [5.74, 6) is -1.16. The Hall–Kier alpha value is -2.36. The van der Waals surface area contributed by atoms with E-state index in [2.05, 4.69) is 30.9 Å². The molecule has 30 heavy (non-hydrogen) atoms. The molecule has 2 rings (SSSR count). The molecule has 0 aliphatic carbocycles. The lowest BCUT2D eigenvalue weighted by Crippen LogP contribution is -2.59. The largest absolute Gasteiger partial charge is 0.463 e. The molecule has 2 heterocycles. The number of nitrogens with zero attached hydrogens (tertiary/aromatic N) is 5. The Morgan fingerprint density at radius 3 is 2.70 bits per heavy atom. The number of esters is 2. The van der Waals surface area contributed by atoms with Gasteiger partial charge in [0, 0.05) is 37.0 Å². The number of carbonyl (C=O) groups excluding carboxylic acids is 2. The number of hydrogen-bond donors (Lipinski definition) is 0. The van der Waals surface area contributed by atoms with Crippen molar-refractivity contribution in [2.75, 3.05) is 13.7 Å². The van der Waals surface area contributed by atoms with E-state index >= 15 is 0 Å². The van der Waals surface area contributed by atoms with Gasteiger partial charge in [-0.05, 0) is 27.5 Å². The first kappa shape index (κ1) is 23.9. The number of hydrogen-bond acceptors (Lipinski definition) is 10. The van der Waals surface area contributed by atoms with Crippen molar-refractivity contribution in [1.29, 1.82) is 5.26 Å². The third-order valence-corrected chi connectivity index (χ3v) is 5.71. The molecule has 11 nitrogen and oxygen atoms in total. The predicted molar refractivity (Wildman–Crippen MR) is 107 cm³/mol. The summed E-state index contributed by atoms with van der Waals surface area (Å²) >= 11 is 4.48. The number of halogens is 1. The van der Waals surface area contributed by atoms with Crippen molar-refractivity contribution < 1.29 is 28.5 Å². The quantitative estimate of drug-likeness (QED) is 0.238. The van der Waals surface area contributed by atoms with Crippen LogP contribution in [0.1, 0.15) is 19.5 Å². The van der Waals surface area contributed by atoms with Crippen molar-refractivity contribution in [2.24, 2.45) is 5.11 Å². The Labute approximate surface area is 184 Å². The van der Waals surface area contributed by atoms with E-state index in [-0.39, 0.29) is 12.3 Å². The highest BCUT2D eigenvalue weighted by atomic mass is 79.9. The molecule has 0 saturated carbocycles. The van der Waals surface area contributed by atoms with Crippen molar-refractivity contribution in [3.63, 3.8) is 0 Å². The van der Waals surface area contributed by atoms with Crippen LogP contribution in [0.5, 0.6) is 0 Å². The highest BCUT2D eigenvalue weighted by Crippen LogP contribution is 2.37. The SMILES string of the molecule is CO[C@@H]1[C@@H](N=[N+]=[N-])[C@@H](OC(C)=O)[C@@H](COC(C)=O)O[C@@H]1Sc1cnc(C#N)c(Br)c1. The number of ether oxygens (including phenoxy) is 4. The molecule has 0 radical (unpaired) electrons. The third-order valence-electron chi connectivity index (χ3n) is 4.00. The van der Waals surface area contributed by atoms with E-state index in [0.29, 0.717) is 9.37 Å². The number of aromatic nitrogens is 1. The van der Waals surface area contributed by atoms with E-state index in [1.54, 1.807) is 6.07 Å². The van der Waals surface area contributed by atoms with Crippen LogP contribution in [0.4, 0.5) is 0 Å². The van der Waals surface area contributed by atoms with Gasteiger partial charge in [-0.3, -0.25) is 9.59 Å². The van der Waals surface area contributed by atoms with Crippen LogP contribution >= 0.6 is 27.7 Å². The fraction of sp³-hybridized carbons (Fsp3) is 0.529. The monoisotopic (exact) mass is 499 g/mol. The van der Waals surface area contributed by atoms with Crippen molar-refractivity contribution in [2.45, 2.75) is 48.5 Å². The Kier molecular flexibility index (Phi) is 8.88. The van der Waals surface area contributed by atoms with E-state index in [4.69, 9.17) is 29.7 Å². The number of carbonyl (C=O) groups is 2. The molecule has 0 unspecified atom stereocenters. The van der Waals surface area contributed by atoms with Gasteiger partial charge in [0.1, 0.15) is 42.5 Å². The third kappa shape index (κ3) is 6.07. The Balaban J connectivity index is 2.37. The van der Waals surface area contributed by atoms with Gasteiger partial charge >= 0.3 is 11.9 Å². The number of rotatable bonds is 7. The minimum absolute atomic E-state index is 0.215. The first-order valence-corrected chi connectivity index (χ1v) is 10.2. The van der Waals surface area contributed by atoms with Crippen LogP contribution in [0.3, 0.4) is 0 Å². The molecular formula is C17H18BrN5O6S. The Bertz CT molecular complexity index is 890. The van der Waals surface area contributed by atoms with Gasteiger partial charge < -0.3 is 18.9 Å². The zero-order valence-corrected chi connectivity index (χ0v) is 18.6. The van der Waals surface area contributed by atoms with Crippen molar-refractivity contribution in [3.05, 3.63) is 32.9 Å². The predicted octanol–water partition coefficient (Wildman–Crippen LogP) is 2.72. The molecule has 1 fully saturated rings. The van der Waals surface area contributed by atoms with Crippen LogP contribution in [0.15, 0.2) is 26.7 Å². The van der Waals surface area contributed by atoms with Gasteiger partial charge in [-0.2, -0.15) is 5.26 Å². The second-order valence-electron chi connectivity index (χ2n) is 6.05. The Morgan fingerprint density at radius 1 is 1.43 bits per heavy atom. The topological polar surface area (TPSA) is 156 Å². The molecule has 0 aromatic carbocycles. The van der Waals surface area contributed by atoms with Gasteiger partial charge in [-0.25, -0.2) is 4.98 Å². The summed E-state index contributed by atoms with van der Waals surface area (Å²) in [6.45, 7) is 2.23. The van der Waals surface area contributed by atoms with Crippen LogP contribution in [0.25, 0.3) is 10.4 Å². The molecule has 1 aromatic heterocycles. The number of methoxy groups -OCH3 is 1. The summed E-state index contributed by atoms with van der Waals surface area (Å²) in [5, 5.41) is 12.8. The first-order chi connectivity index (χ1) is 14.3. The lowest BCUT2D eigenvalue weighted by Gasteiger charge is -2.43. The van der Waals surface area contributed by atoms with Gasteiger partial charge in [-0.1, -0.05) is 16.9 Å². The summed E-state index contributed by atoms with van der Waals surface area (Å²) < 4.78 is 22.4. The van der Waals surface area contributed by atoms with Gasteiger partial charge in [0.05, 0.1) is 4.47 Å². The summed E-state index contributed by atoms with van der Waals surface area (Å²) in [6, 6.07) is 2.70. The molecule has 0 N–H and O–H groups in total. The number of azide groups is 1. The molecule has 1 saturated heterocycles. The van der Waals surface area contributed by atoms with E-state index in [1.807, 2.05) is 6.07 Å². The number of thioether (sulfide) groups is 1. The molecule has 0 bridgehead atoms. The maximum absolute atomic E-state index is 11.6. The van der Waals surface area contributed by atoms with E-state index in [1.165, 1.54) is 38.9 Å². The molecule has 0 amide bonds. The van der Waals surface area contributed by atoms with E-state index < -0.39 is 41.7 Å². The van der Waals surface area contributed by atoms with Crippen molar-refractivity contribution in [1.82, 2.24) is 4.98 Å². The fourth-order valence-corrected chi connectivity index (χ4v) is 4.56. The van der Waals surface area contributed by atoms with E-state index in [0.717, 1.165) is 0 Å². The molecule has 0 spiro atoms. The van der Waals surface area contributed by atoms with Crippen LogP contribution in [0.2, 0.25) is 0 Å². The molecular weight excluding hydrogens is 482 g/mol. The maximum atomic E-state index is 11.6. The first-order valence-electron chi connectivity index (χ1n) is 8.56. The molecule has 13 heteroatoms. The summed E-state index contributed by atoms with van der Waals surface area (Å²) in [6.07, 6.45) is -1.22. The average molecular weight is 500 g/mol. The van der Waals surface area contributed by atoms with Crippen molar-refractivity contribution >= 4 is 39.6 Å². The zero-order chi connectivity index (χ0) is 22.3. The van der Waals surface area contributed by atoms with Crippen LogP contribution in [-0.2, 0) is 28.5 Å². The molecule has 160 valence electrons. The van der Waals surface area contributed by atoms with Gasteiger partial charge in [0.15, 0.2) is 5.69 Å².